The molecule has 11 heteroatoms. The number of rotatable bonds is 9. The maximum atomic E-state index is 13.1. The first-order valence-corrected chi connectivity index (χ1v) is 13.8. The molecule has 0 saturated carbocycles. The topological polar surface area (TPSA) is 122 Å². The molecule has 1 heterocycles. The van der Waals surface area contributed by atoms with Crippen molar-refractivity contribution in [2.45, 2.75) is 24.7 Å². The van der Waals surface area contributed by atoms with Gasteiger partial charge in [0.25, 0.3) is 0 Å². The van der Waals surface area contributed by atoms with Crippen molar-refractivity contribution >= 4 is 43.4 Å². The van der Waals surface area contributed by atoms with Gasteiger partial charge in [0.2, 0.25) is 26.0 Å². The molecule has 0 aliphatic carbocycles. The minimum Gasteiger partial charge on any atom is -0.492 e. The van der Waals surface area contributed by atoms with Crippen LogP contribution in [-0.4, -0.2) is 53.0 Å². The van der Waals surface area contributed by atoms with Crippen LogP contribution >= 0.6 is 0 Å². The average molecular weight is 494 g/mol. The smallest absolute Gasteiger partial charge is 0.248 e. The molecule has 0 unspecified atom stereocenters. The maximum Gasteiger partial charge on any atom is 0.248 e. The van der Waals surface area contributed by atoms with E-state index >= 15 is 0 Å². The second-order valence-corrected chi connectivity index (χ2v) is 11.2. The van der Waals surface area contributed by atoms with E-state index in [1.165, 1.54) is 16.4 Å². The van der Waals surface area contributed by atoms with E-state index in [9.17, 15) is 21.6 Å². The van der Waals surface area contributed by atoms with Crippen LogP contribution in [-0.2, 0) is 24.8 Å². The molecular weight excluding hydrogens is 466 g/mol. The van der Waals surface area contributed by atoms with E-state index in [4.69, 9.17) is 4.74 Å². The number of carbonyl (C=O) groups is 1. The Hall–Kier alpha value is -2.89. The molecule has 3 rings (SSSR count). The Morgan fingerprint density at radius 1 is 1.03 bits per heavy atom. The molecule has 0 radical (unpaired) electrons. The highest BCUT2D eigenvalue weighted by atomic mass is 32.2. The molecule has 33 heavy (non-hydrogen) atoms. The quantitative estimate of drug-likeness (QED) is 0.518. The Balaban J connectivity index is 1.74. The second-order valence-electron chi connectivity index (χ2n) is 7.52. The number of ether oxygens (including phenoxy) is 1. The number of benzene rings is 2. The second kappa shape index (κ2) is 10.4. The largest absolute Gasteiger partial charge is 0.492 e. The lowest BCUT2D eigenvalue weighted by molar-refractivity contribution is -0.111. The number of amides is 1. The van der Waals surface area contributed by atoms with Crippen molar-refractivity contribution in [3.8, 4) is 5.75 Å². The van der Waals surface area contributed by atoms with Crippen LogP contribution in [0.25, 0.3) is 6.08 Å². The lowest BCUT2D eigenvalue weighted by Crippen LogP contribution is -2.28. The van der Waals surface area contributed by atoms with Gasteiger partial charge in [0, 0.05) is 30.5 Å². The Bertz CT molecular complexity index is 1230. The number of nitrogens with one attached hydrogen (secondary N) is 2. The Kier molecular flexibility index (Phi) is 7.77. The molecule has 178 valence electrons. The van der Waals surface area contributed by atoms with Crippen LogP contribution < -0.4 is 14.8 Å². The fraction of sp³-hybridized carbons (Fsp3) is 0.318. The summed E-state index contributed by atoms with van der Waals surface area (Å²) in [5.74, 6) is -0.192. The SMILES string of the molecule is CCOc1ccc(NC(=O)/C=C/c2ccc(NS(C)(=O)=O)cc2)cc1S(=O)(=O)N1CCCC1. The highest BCUT2D eigenvalue weighted by molar-refractivity contribution is 7.92. The van der Waals surface area contributed by atoms with Crippen LogP contribution in [0.4, 0.5) is 11.4 Å². The van der Waals surface area contributed by atoms with Crippen molar-refractivity contribution in [3.63, 3.8) is 0 Å². The van der Waals surface area contributed by atoms with Gasteiger partial charge in [-0.3, -0.25) is 9.52 Å². The van der Waals surface area contributed by atoms with Crippen molar-refractivity contribution in [3.05, 3.63) is 54.1 Å². The third-order valence-corrected chi connectivity index (χ3v) is 7.36. The first kappa shape index (κ1) is 24.7. The highest BCUT2D eigenvalue weighted by Crippen LogP contribution is 2.31. The molecule has 1 fully saturated rings. The van der Waals surface area contributed by atoms with Crippen LogP contribution in [0, 0.1) is 0 Å². The van der Waals surface area contributed by atoms with Gasteiger partial charge in [-0.25, -0.2) is 16.8 Å². The fourth-order valence-electron chi connectivity index (χ4n) is 3.36. The first-order valence-electron chi connectivity index (χ1n) is 10.4. The van der Waals surface area contributed by atoms with Crippen LogP contribution in [0.5, 0.6) is 5.75 Å². The number of carbonyl (C=O) groups excluding carboxylic acids is 1. The molecule has 0 spiro atoms. The molecule has 2 aromatic rings. The summed E-state index contributed by atoms with van der Waals surface area (Å²) in [6.07, 6.45) is 5.57. The van der Waals surface area contributed by atoms with Gasteiger partial charge in [0.1, 0.15) is 10.6 Å². The van der Waals surface area contributed by atoms with Crippen molar-refractivity contribution in [1.82, 2.24) is 4.31 Å². The number of nitrogens with zero attached hydrogens (tertiary/aromatic N) is 1. The molecule has 0 bridgehead atoms. The first-order chi connectivity index (χ1) is 15.6. The van der Waals surface area contributed by atoms with Gasteiger partial charge in [-0.1, -0.05) is 12.1 Å². The van der Waals surface area contributed by atoms with Crippen molar-refractivity contribution in [1.29, 1.82) is 0 Å². The van der Waals surface area contributed by atoms with E-state index in [1.54, 1.807) is 49.4 Å². The van der Waals surface area contributed by atoms with Crippen molar-refractivity contribution in [2.24, 2.45) is 0 Å². The van der Waals surface area contributed by atoms with Gasteiger partial charge in [-0.2, -0.15) is 4.31 Å². The van der Waals surface area contributed by atoms with E-state index in [0.29, 0.717) is 36.6 Å². The van der Waals surface area contributed by atoms with Gasteiger partial charge < -0.3 is 10.1 Å². The van der Waals surface area contributed by atoms with E-state index in [1.807, 2.05) is 0 Å². The zero-order valence-corrected chi connectivity index (χ0v) is 20.1. The van der Waals surface area contributed by atoms with Gasteiger partial charge in [-0.05, 0) is 61.7 Å². The van der Waals surface area contributed by atoms with Crippen molar-refractivity contribution < 1.29 is 26.4 Å². The third kappa shape index (κ3) is 6.80. The Labute approximate surface area is 194 Å². The molecule has 2 aromatic carbocycles. The van der Waals surface area contributed by atoms with E-state index in [2.05, 4.69) is 10.0 Å². The Morgan fingerprint density at radius 3 is 2.27 bits per heavy atom. The van der Waals surface area contributed by atoms with Crippen LogP contribution in [0.1, 0.15) is 25.3 Å². The molecule has 9 nitrogen and oxygen atoms in total. The van der Waals surface area contributed by atoms with Crippen LogP contribution in [0.15, 0.2) is 53.4 Å². The summed E-state index contributed by atoms with van der Waals surface area (Å²) in [7, 11) is -7.10. The number of sulfonamides is 2. The Morgan fingerprint density at radius 2 is 1.67 bits per heavy atom. The molecule has 1 aliphatic rings. The summed E-state index contributed by atoms with van der Waals surface area (Å²) in [5.41, 5.74) is 1.44. The van der Waals surface area contributed by atoms with Gasteiger partial charge in [0.05, 0.1) is 12.9 Å². The highest BCUT2D eigenvalue weighted by Gasteiger charge is 2.30. The van der Waals surface area contributed by atoms with Crippen molar-refractivity contribution in [2.75, 3.05) is 36.0 Å². The van der Waals surface area contributed by atoms with Gasteiger partial charge >= 0.3 is 0 Å². The lowest BCUT2D eigenvalue weighted by atomic mass is 10.2. The standard InChI is InChI=1S/C22H27N3O6S2/c1-3-31-20-12-11-19(16-21(20)33(29,30)25-14-4-5-15-25)23-22(26)13-8-17-6-9-18(10-7-17)24-32(2,27)28/h6-13,16,24H,3-5,14-15H2,1-2H3,(H,23,26)/b13-8+. The maximum absolute atomic E-state index is 13.1. The summed E-state index contributed by atoms with van der Waals surface area (Å²) in [5, 5.41) is 2.67. The fourth-order valence-corrected chi connectivity index (χ4v) is 5.60. The summed E-state index contributed by atoms with van der Waals surface area (Å²) in [6.45, 7) is 3.02. The van der Waals surface area contributed by atoms with E-state index in [-0.39, 0.29) is 10.6 Å². The van der Waals surface area contributed by atoms with Gasteiger partial charge in [-0.15, -0.1) is 0 Å². The minimum absolute atomic E-state index is 0.0296. The molecule has 2 N–H and O–H groups in total. The van der Waals surface area contributed by atoms with Gasteiger partial charge in [0.15, 0.2) is 0 Å². The predicted molar refractivity (Wildman–Crippen MR) is 128 cm³/mol. The summed E-state index contributed by atoms with van der Waals surface area (Å²) in [4.78, 5) is 12.4. The number of hydrogen-bond donors (Lipinski definition) is 2. The number of hydrogen-bond acceptors (Lipinski definition) is 6. The van der Waals surface area contributed by atoms with Crippen LogP contribution in [0.3, 0.4) is 0 Å². The third-order valence-electron chi connectivity index (χ3n) is 4.84. The van der Waals surface area contributed by atoms with Crippen LogP contribution in [0.2, 0.25) is 0 Å². The summed E-state index contributed by atoms with van der Waals surface area (Å²) >= 11 is 0. The predicted octanol–water partition coefficient (Wildman–Crippen LogP) is 2.89. The zero-order valence-electron chi connectivity index (χ0n) is 18.4. The molecule has 0 atom stereocenters. The molecule has 1 saturated heterocycles. The zero-order chi connectivity index (χ0) is 24.1. The monoisotopic (exact) mass is 493 g/mol. The summed E-state index contributed by atoms with van der Waals surface area (Å²) in [6, 6.07) is 11.0. The minimum atomic E-state index is -3.73. The lowest BCUT2D eigenvalue weighted by Gasteiger charge is -2.19. The molecule has 0 aromatic heterocycles. The normalized spacial score (nSPS) is 15.0. The molecule has 1 aliphatic heterocycles. The van der Waals surface area contributed by atoms with E-state index < -0.39 is 26.0 Å². The van der Waals surface area contributed by atoms with E-state index in [0.717, 1.165) is 19.1 Å². The molecule has 1 amide bonds. The number of anilines is 2. The molecular formula is C22H27N3O6S2. The average Bonchev–Trinajstić information content (AvgIpc) is 3.29. The summed E-state index contributed by atoms with van der Waals surface area (Å²) < 4.78 is 58.0.